The lowest BCUT2D eigenvalue weighted by atomic mass is 9.84. The van der Waals surface area contributed by atoms with Gasteiger partial charge in [0.25, 0.3) is 0 Å². The van der Waals surface area contributed by atoms with E-state index in [1.807, 2.05) is 0 Å². The van der Waals surface area contributed by atoms with E-state index in [0.717, 1.165) is 24.7 Å². The standard InChI is InChI=1S/C27H38O/c1-3-5-7-8-9-19-28-27-18-17-25-20-24(15-16-26(25)21-27)23-13-11-22(12-14-23)10-6-4-2/h13,15-18,20-22H,3-12,14,19H2,1-2H3. The predicted octanol–water partition coefficient (Wildman–Crippen LogP) is 8.56. The van der Waals surface area contributed by atoms with Crippen LogP contribution in [0.25, 0.3) is 16.3 Å². The van der Waals surface area contributed by atoms with Crippen LogP contribution in [0.15, 0.2) is 42.5 Å². The molecule has 0 heterocycles. The van der Waals surface area contributed by atoms with Crippen LogP contribution in [0.2, 0.25) is 0 Å². The molecule has 0 fully saturated rings. The molecule has 0 amide bonds. The lowest BCUT2D eigenvalue weighted by molar-refractivity contribution is 0.305. The van der Waals surface area contributed by atoms with Crippen molar-refractivity contribution in [3.8, 4) is 5.75 Å². The minimum absolute atomic E-state index is 0.833. The highest BCUT2D eigenvalue weighted by atomic mass is 16.5. The minimum atomic E-state index is 0.833. The molecule has 1 aliphatic carbocycles. The lowest BCUT2D eigenvalue weighted by Gasteiger charge is -2.22. The summed E-state index contributed by atoms with van der Waals surface area (Å²) in [4.78, 5) is 0. The average molecular weight is 379 g/mol. The van der Waals surface area contributed by atoms with Crippen molar-refractivity contribution in [2.24, 2.45) is 5.92 Å². The van der Waals surface area contributed by atoms with Gasteiger partial charge in [0, 0.05) is 0 Å². The quantitative estimate of drug-likeness (QED) is 0.356. The Kier molecular flexibility index (Phi) is 8.45. The molecule has 0 aliphatic heterocycles. The van der Waals surface area contributed by atoms with Crippen LogP contribution in [0.5, 0.6) is 5.75 Å². The van der Waals surface area contributed by atoms with E-state index < -0.39 is 0 Å². The minimum Gasteiger partial charge on any atom is -0.494 e. The third-order valence-corrected chi connectivity index (χ3v) is 6.18. The monoisotopic (exact) mass is 378 g/mol. The molecule has 2 aromatic carbocycles. The Labute approximate surface area is 172 Å². The van der Waals surface area contributed by atoms with Crippen LogP contribution >= 0.6 is 0 Å². The number of fused-ring (bicyclic) bond motifs is 1. The molecular formula is C27H38O. The number of hydrogen-bond donors (Lipinski definition) is 0. The Morgan fingerprint density at radius 1 is 0.857 bits per heavy atom. The van der Waals surface area contributed by atoms with Gasteiger partial charge in [-0.05, 0) is 71.7 Å². The van der Waals surface area contributed by atoms with Crippen LogP contribution in [0.4, 0.5) is 0 Å². The van der Waals surface area contributed by atoms with Gasteiger partial charge in [-0.1, -0.05) is 83.1 Å². The zero-order valence-corrected chi connectivity index (χ0v) is 18.0. The molecule has 1 nitrogen and oxygen atoms in total. The highest BCUT2D eigenvalue weighted by Crippen LogP contribution is 2.34. The van der Waals surface area contributed by atoms with Crippen molar-refractivity contribution in [3.05, 3.63) is 48.0 Å². The zero-order valence-electron chi connectivity index (χ0n) is 18.0. The fraction of sp³-hybridized carbons (Fsp3) is 0.556. The molecule has 1 heteroatoms. The first kappa shape index (κ1) is 21.0. The predicted molar refractivity (Wildman–Crippen MR) is 123 cm³/mol. The molecule has 28 heavy (non-hydrogen) atoms. The van der Waals surface area contributed by atoms with E-state index in [1.54, 1.807) is 5.57 Å². The lowest BCUT2D eigenvalue weighted by Crippen LogP contribution is -2.05. The van der Waals surface area contributed by atoms with Gasteiger partial charge in [0.05, 0.1) is 6.61 Å². The number of ether oxygens (including phenoxy) is 1. The van der Waals surface area contributed by atoms with Crippen LogP contribution in [0, 0.1) is 5.92 Å². The van der Waals surface area contributed by atoms with Gasteiger partial charge in [-0.2, -0.15) is 0 Å². The maximum absolute atomic E-state index is 5.97. The van der Waals surface area contributed by atoms with E-state index in [4.69, 9.17) is 4.74 Å². The third kappa shape index (κ3) is 6.12. The van der Waals surface area contributed by atoms with Gasteiger partial charge < -0.3 is 4.74 Å². The fourth-order valence-corrected chi connectivity index (χ4v) is 4.31. The Hall–Kier alpha value is -1.76. The van der Waals surface area contributed by atoms with Gasteiger partial charge in [-0.25, -0.2) is 0 Å². The van der Waals surface area contributed by atoms with Gasteiger partial charge in [-0.15, -0.1) is 0 Å². The zero-order chi connectivity index (χ0) is 19.6. The van der Waals surface area contributed by atoms with Crippen LogP contribution < -0.4 is 4.74 Å². The molecule has 0 saturated heterocycles. The van der Waals surface area contributed by atoms with Crippen molar-refractivity contribution in [1.82, 2.24) is 0 Å². The summed E-state index contributed by atoms with van der Waals surface area (Å²) >= 11 is 0. The number of rotatable bonds is 11. The second kappa shape index (κ2) is 11.3. The number of allylic oxidation sites excluding steroid dienone is 2. The molecule has 1 aliphatic rings. The molecule has 0 radical (unpaired) electrons. The molecule has 2 aromatic rings. The van der Waals surface area contributed by atoms with Gasteiger partial charge >= 0.3 is 0 Å². The molecule has 1 atom stereocenters. The maximum atomic E-state index is 5.97. The van der Waals surface area contributed by atoms with Crippen LogP contribution in [0.3, 0.4) is 0 Å². The topological polar surface area (TPSA) is 9.23 Å². The molecule has 3 rings (SSSR count). The Balaban J connectivity index is 1.56. The summed E-state index contributed by atoms with van der Waals surface area (Å²) in [5.41, 5.74) is 2.95. The SMILES string of the molecule is CCCCCCCOc1ccc2cc(C3=CCC(CCCC)CC3)ccc2c1. The highest BCUT2D eigenvalue weighted by Gasteiger charge is 2.15. The molecule has 0 spiro atoms. The second-order valence-electron chi connectivity index (χ2n) is 8.50. The van der Waals surface area contributed by atoms with Crippen molar-refractivity contribution in [1.29, 1.82) is 0 Å². The summed E-state index contributed by atoms with van der Waals surface area (Å²) in [6.07, 6.45) is 16.9. The molecule has 0 bridgehead atoms. The first-order chi connectivity index (χ1) is 13.8. The first-order valence-electron chi connectivity index (χ1n) is 11.7. The van der Waals surface area contributed by atoms with Crippen molar-refractivity contribution in [3.63, 3.8) is 0 Å². The molecular weight excluding hydrogens is 340 g/mol. The summed E-state index contributed by atoms with van der Waals surface area (Å²) in [6.45, 7) is 5.38. The van der Waals surface area contributed by atoms with Gasteiger partial charge in [-0.3, -0.25) is 0 Å². The Bertz CT molecular complexity index is 758. The maximum Gasteiger partial charge on any atom is 0.119 e. The van der Waals surface area contributed by atoms with Crippen molar-refractivity contribution < 1.29 is 4.74 Å². The second-order valence-corrected chi connectivity index (χ2v) is 8.50. The Morgan fingerprint density at radius 3 is 2.43 bits per heavy atom. The molecule has 0 saturated carbocycles. The normalized spacial score (nSPS) is 16.9. The fourth-order valence-electron chi connectivity index (χ4n) is 4.31. The summed E-state index contributed by atoms with van der Waals surface area (Å²) in [7, 11) is 0. The van der Waals surface area contributed by atoms with E-state index >= 15 is 0 Å². The van der Waals surface area contributed by atoms with Crippen molar-refractivity contribution in [2.75, 3.05) is 6.61 Å². The van der Waals surface area contributed by atoms with E-state index in [1.165, 1.54) is 80.5 Å². The first-order valence-corrected chi connectivity index (χ1v) is 11.7. The van der Waals surface area contributed by atoms with Gasteiger partial charge in [0.2, 0.25) is 0 Å². The van der Waals surface area contributed by atoms with Crippen molar-refractivity contribution >= 4 is 16.3 Å². The number of benzene rings is 2. The van der Waals surface area contributed by atoms with Crippen LogP contribution in [-0.4, -0.2) is 6.61 Å². The average Bonchev–Trinajstić information content (AvgIpc) is 2.74. The van der Waals surface area contributed by atoms with E-state index in [9.17, 15) is 0 Å². The third-order valence-electron chi connectivity index (χ3n) is 6.18. The van der Waals surface area contributed by atoms with Gasteiger partial charge in [0.15, 0.2) is 0 Å². The summed E-state index contributed by atoms with van der Waals surface area (Å²) in [5.74, 6) is 1.91. The Morgan fingerprint density at radius 2 is 1.64 bits per heavy atom. The molecule has 0 N–H and O–H groups in total. The largest absolute Gasteiger partial charge is 0.494 e. The van der Waals surface area contributed by atoms with E-state index in [2.05, 4.69) is 56.3 Å². The number of hydrogen-bond acceptors (Lipinski definition) is 1. The van der Waals surface area contributed by atoms with Crippen LogP contribution in [0.1, 0.15) is 90.0 Å². The van der Waals surface area contributed by atoms with Crippen LogP contribution in [-0.2, 0) is 0 Å². The summed E-state index contributed by atoms with van der Waals surface area (Å²) in [6, 6.07) is 13.5. The van der Waals surface area contributed by atoms with E-state index in [-0.39, 0.29) is 0 Å². The van der Waals surface area contributed by atoms with Crippen molar-refractivity contribution in [2.45, 2.75) is 84.5 Å². The van der Waals surface area contributed by atoms with E-state index in [0.29, 0.717) is 0 Å². The van der Waals surface area contributed by atoms with Gasteiger partial charge in [0.1, 0.15) is 5.75 Å². The molecule has 152 valence electrons. The summed E-state index contributed by atoms with van der Waals surface area (Å²) in [5, 5.41) is 2.60. The molecule has 1 unspecified atom stereocenters. The molecule has 0 aromatic heterocycles. The smallest absolute Gasteiger partial charge is 0.119 e. The number of unbranched alkanes of at least 4 members (excludes halogenated alkanes) is 5. The highest BCUT2D eigenvalue weighted by molar-refractivity contribution is 5.87. The summed E-state index contributed by atoms with van der Waals surface area (Å²) < 4.78 is 5.97.